The largest absolute Gasteiger partial charge is 0.478 e. The van der Waals surface area contributed by atoms with Gasteiger partial charge in [-0.1, -0.05) is 61.7 Å². The van der Waals surface area contributed by atoms with Crippen LogP contribution in [0.15, 0.2) is 48.5 Å². The van der Waals surface area contributed by atoms with E-state index in [1.54, 1.807) is 12.1 Å². The standard InChI is InChI=1S/C33H44N8O2/c1-39(2)20-18-34-30-28-29(31(38-37-30)35-19-21-40(3)4)41(32(36-28)25-10-6-5-7-11-25)22-23-14-16-24(17-15-23)26-12-8-9-13-27(26)33(42)43/h8-9,12-17,25H,5-7,10-11,18-22H2,1-4H3,(H,34,37)(H,35,38)(H,42,43). The molecule has 10 nitrogen and oxygen atoms in total. The Morgan fingerprint density at radius 3 is 2.16 bits per heavy atom. The quantitative estimate of drug-likeness (QED) is 0.194. The molecule has 2 aromatic carbocycles. The Balaban J connectivity index is 1.56. The molecule has 5 rings (SSSR count). The van der Waals surface area contributed by atoms with E-state index in [1.807, 2.05) is 24.3 Å². The summed E-state index contributed by atoms with van der Waals surface area (Å²) in [5.41, 5.74) is 4.85. The minimum absolute atomic E-state index is 0.303. The number of benzene rings is 2. The molecule has 0 saturated heterocycles. The van der Waals surface area contributed by atoms with Gasteiger partial charge >= 0.3 is 5.97 Å². The highest BCUT2D eigenvalue weighted by Crippen LogP contribution is 2.37. The van der Waals surface area contributed by atoms with Gasteiger partial charge in [-0.25, -0.2) is 9.78 Å². The lowest BCUT2D eigenvalue weighted by Crippen LogP contribution is -2.22. The number of hydrogen-bond acceptors (Lipinski definition) is 8. The summed E-state index contributed by atoms with van der Waals surface area (Å²) in [5.74, 6) is 2.01. The zero-order valence-electron chi connectivity index (χ0n) is 25.8. The van der Waals surface area contributed by atoms with Gasteiger partial charge in [0.15, 0.2) is 11.6 Å². The lowest BCUT2D eigenvalue weighted by Gasteiger charge is -2.23. The Morgan fingerprint density at radius 2 is 1.51 bits per heavy atom. The molecule has 2 aromatic heterocycles. The van der Waals surface area contributed by atoms with Crippen LogP contribution in [-0.2, 0) is 6.54 Å². The van der Waals surface area contributed by atoms with E-state index in [0.29, 0.717) is 29.4 Å². The number of likely N-dealkylation sites (N-methyl/N-ethyl adjacent to an activating group) is 2. The van der Waals surface area contributed by atoms with Crippen molar-refractivity contribution < 1.29 is 9.90 Å². The summed E-state index contributed by atoms with van der Waals surface area (Å²) in [5, 5.41) is 26.0. The molecule has 3 N–H and O–H groups in total. The summed E-state index contributed by atoms with van der Waals surface area (Å²) in [6.45, 7) is 3.86. The first kappa shape index (κ1) is 30.4. The Bertz CT molecular complexity index is 1520. The summed E-state index contributed by atoms with van der Waals surface area (Å²) < 4.78 is 2.34. The van der Waals surface area contributed by atoms with Crippen molar-refractivity contribution in [3.8, 4) is 11.1 Å². The van der Waals surface area contributed by atoms with Crippen LogP contribution in [-0.4, -0.2) is 95.0 Å². The summed E-state index contributed by atoms with van der Waals surface area (Å²) in [4.78, 5) is 21.4. The molecule has 10 heteroatoms. The Morgan fingerprint density at radius 1 is 0.884 bits per heavy atom. The van der Waals surface area contributed by atoms with Gasteiger partial charge in [0.1, 0.15) is 16.9 Å². The topological polar surface area (TPSA) is 111 Å². The molecule has 1 fully saturated rings. The number of aromatic nitrogens is 4. The van der Waals surface area contributed by atoms with Gasteiger partial charge < -0.3 is 30.1 Å². The number of aromatic carboxylic acids is 1. The fraction of sp³-hybridized carbons (Fsp3) is 0.455. The highest BCUT2D eigenvalue weighted by molar-refractivity contribution is 5.96. The van der Waals surface area contributed by atoms with Crippen LogP contribution >= 0.6 is 0 Å². The van der Waals surface area contributed by atoms with E-state index in [1.165, 1.54) is 19.3 Å². The molecule has 0 aliphatic heterocycles. The van der Waals surface area contributed by atoms with E-state index in [0.717, 1.165) is 72.8 Å². The maximum absolute atomic E-state index is 11.8. The van der Waals surface area contributed by atoms with Crippen molar-refractivity contribution in [3.05, 3.63) is 65.5 Å². The smallest absolute Gasteiger partial charge is 0.336 e. The maximum atomic E-state index is 11.8. The number of fused-ring (bicyclic) bond motifs is 1. The average molecular weight is 585 g/mol. The number of carboxylic acid groups (broad SMARTS) is 1. The van der Waals surface area contributed by atoms with Gasteiger partial charge in [-0.15, -0.1) is 10.2 Å². The molecule has 1 aliphatic carbocycles. The summed E-state index contributed by atoms with van der Waals surface area (Å²) in [6, 6.07) is 15.4. The molecule has 0 spiro atoms. The third-order valence-electron chi connectivity index (χ3n) is 8.13. The Labute approximate surface area is 254 Å². The van der Waals surface area contributed by atoms with Crippen LogP contribution in [0.2, 0.25) is 0 Å². The number of hydrogen-bond donors (Lipinski definition) is 3. The van der Waals surface area contributed by atoms with E-state index in [2.05, 4.69) is 75.5 Å². The first-order chi connectivity index (χ1) is 20.8. The molecular formula is C33H44N8O2. The van der Waals surface area contributed by atoms with E-state index < -0.39 is 5.97 Å². The number of nitrogens with one attached hydrogen (secondary N) is 2. The molecule has 4 aromatic rings. The molecule has 1 saturated carbocycles. The molecule has 0 atom stereocenters. The molecule has 228 valence electrons. The highest BCUT2D eigenvalue weighted by Gasteiger charge is 2.26. The van der Waals surface area contributed by atoms with Crippen LogP contribution in [0.4, 0.5) is 11.6 Å². The van der Waals surface area contributed by atoms with Gasteiger partial charge in [-0.3, -0.25) is 0 Å². The number of rotatable bonds is 13. The van der Waals surface area contributed by atoms with Crippen molar-refractivity contribution in [2.24, 2.45) is 0 Å². The van der Waals surface area contributed by atoms with E-state index in [4.69, 9.17) is 4.98 Å². The Hall–Kier alpha value is -4.02. The number of carboxylic acids is 1. The maximum Gasteiger partial charge on any atom is 0.336 e. The lowest BCUT2D eigenvalue weighted by molar-refractivity contribution is 0.0697. The first-order valence-corrected chi connectivity index (χ1v) is 15.3. The van der Waals surface area contributed by atoms with Crippen molar-refractivity contribution in [2.75, 3.05) is 65.0 Å². The zero-order valence-corrected chi connectivity index (χ0v) is 25.8. The zero-order chi connectivity index (χ0) is 30.3. The molecule has 0 radical (unpaired) electrons. The normalized spacial score (nSPS) is 14.1. The summed E-state index contributed by atoms with van der Waals surface area (Å²) in [7, 11) is 8.24. The fourth-order valence-corrected chi connectivity index (χ4v) is 5.83. The SMILES string of the molecule is CN(C)CCNc1nnc(NCCN(C)C)c2c1nc(C1CCCCC1)n2Cc1ccc(-c2ccccc2C(=O)O)cc1. The van der Waals surface area contributed by atoms with Crippen LogP contribution in [0.25, 0.3) is 22.2 Å². The molecular weight excluding hydrogens is 540 g/mol. The molecule has 0 unspecified atom stereocenters. The van der Waals surface area contributed by atoms with Crippen molar-refractivity contribution in [1.29, 1.82) is 0 Å². The first-order valence-electron chi connectivity index (χ1n) is 15.3. The lowest BCUT2D eigenvalue weighted by atomic mass is 9.88. The number of anilines is 2. The van der Waals surface area contributed by atoms with Crippen LogP contribution < -0.4 is 10.6 Å². The monoisotopic (exact) mass is 584 g/mol. The van der Waals surface area contributed by atoms with E-state index in [9.17, 15) is 9.90 Å². The van der Waals surface area contributed by atoms with Crippen LogP contribution in [0.5, 0.6) is 0 Å². The van der Waals surface area contributed by atoms with Crippen LogP contribution in [0.1, 0.15) is 59.8 Å². The highest BCUT2D eigenvalue weighted by atomic mass is 16.4. The van der Waals surface area contributed by atoms with E-state index in [-0.39, 0.29) is 0 Å². The van der Waals surface area contributed by atoms with Gasteiger partial charge in [0.05, 0.1) is 5.56 Å². The number of imidazole rings is 1. The number of nitrogens with zero attached hydrogens (tertiary/aromatic N) is 6. The van der Waals surface area contributed by atoms with Gasteiger partial charge in [0, 0.05) is 38.6 Å². The van der Waals surface area contributed by atoms with Crippen molar-refractivity contribution in [1.82, 2.24) is 29.5 Å². The van der Waals surface area contributed by atoms with Gasteiger partial charge in [0.2, 0.25) is 0 Å². The molecule has 2 heterocycles. The minimum Gasteiger partial charge on any atom is -0.478 e. The number of carbonyl (C=O) groups is 1. The van der Waals surface area contributed by atoms with Crippen LogP contribution in [0, 0.1) is 0 Å². The summed E-state index contributed by atoms with van der Waals surface area (Å²) >= 11 is 0. The van der Waals surface area contributed by atoms with Crippen molar-refractivity contribution in [3.63, 3.8) is 0 Å². The van der Waals surface area contributed by atoms with Crippen LogP contribution in [0.3, 0.4) is 0 Å². The van der Waals surface area contributed by atoms with Crippen molar-refractivity contribution >= 4 is 28.6 Å². The Kier molecular flexibility index (Phi) is 9.89. The molecule has 43 heavy (non-hydrogen) atoms. The van der Waals surface area contributed by atoms with Crippen molar-refractivity contribution in [2.45, 2.75) is 44.6 Å². The predicted octanol–water partition coefficient (Wildman–Crippen LogP) is 5.23. The van der Waals surface area contributed by atoms with Gasteiger partial charge in [0.25, 0.3) is 0 Å². The second-order valence-corrected chi connectivity index (χ2v) is 12.0. The molecule has 0 amide bonds. The summed E-state index contributed by atoms with van der Waals surface area (Å²) in [6.07, 6.45) is 5.95. The minimum atomic E-state index is -0.924. The third-order valence-corrected chi connectivity index (χ3v) is 8.13. The average Bonchev–Trinajstić information content (AvgIpc) is 3.38. The second-order valence-electron chi connectivity index (χ2n) is 12.0. The fourth-order valence-electron chi connectivity index (χ4n) is 5.83. The molecule has 0 bridgehead atoms. The van der Waals surface area contributed by atoms with Gasteiger partial charge in [-0.2, -0.15) is 0 Å². The van der Waals surface area contributed by atoms with E-state index >= 15 is 0 Å². The molecule has 1 aliphatic rings. The predicted molar refractivity (Wildman–Crippen MR) is 173 cm³/mol. The second kappa shape index (κ2) is 14.0. The van der Waals surface area contributed by atoms with Gasteiger partial charge in [-0.05, 0) is 63.8 Å². The third kappa shape index (κ3) is 7.32.